The first-order chi connectivity index (χ1) is 11.6. The average Bonchev–Trinajstić information content (AvgIpc) is 3.12. The zero-order chi connectivity index (χ0) is 16.6. The molecule has 0 saturated carbocycles. The van der Waals surface area contributed by atoms with Crippen molar-refractivity contribution in [2.24, 2.45) is 7.05 Å². The Balaban J connectivity index is 1.74. The van der Waals surface area contributed by atoms with Crippen LogP contribution in [0.2, 0.25) is 0 Å². The number of aromatic nitrogens is 2. The van der Waals surface area contributed by atoms with Crippen molar-refractivity contribution in [3.05, 3.63) is 47.9 Å². The summed E-state index contributed by atoms with van der Waals surface area (Å²) in [5.74, 6) is 0.348. The number of carbonyl (C=O) groups is 1. The number of aryl methyl sites for hydroxylation is 1. The van der Waals surface area contributed by atoms with E-state index in [9.17, 15) is 9.90 Å². The number of phenolic OH excluding ortho intramolecular Hbond substituents is 1. The van der Waals surface area contributed by atoms with Gasteiger partial charge in [0, 0.05) is 44.3 Å². The first-order valence-corrected chi connectivity index (χ1v) is 8.07. The highest BCUT2D eigenvalue weighted by Gasteiger charge is 2.42. The van der Waals surface area contributed by atoms with Crippen LogP contribution in [0, 0.1) is 0 Å². The molecule has 6 nitrogen and oxygen atoms in total. The van der Waals surface area contributed by atoms with E-state index in [-0.39, 0.29) is 17.8 Å². The van der Waals surface area contributed by atoms with Crippen molar-refractivity contribution in [1.29, 1.82) is 0 Å². The van der Waals surface area contributed by atoms with Crippen LogP contribution in [-0.4, -0.2) is 38.6 Å². The van der Waals surface area contributed by atoms with E-state index in [1.165, 1.54) is 0 Å². The summed E-state index contributed by atoms with van der Waals surface area (Å²) < 4.78 is 4.15. The fraction of sp³-hybridized carbons (Fsp3) is 0.278. The lowest BCUT2D eigenvalue weighted by Gasteiger charge is -2.46. The third-order valence-corrected chi connectivity index (χ3v) is 5.30. The van der Waals surface area contributed by atoms with Gasteiger partial charge < -0.3 is 24.0 Å². The van der Waals surface area contributed by atoms with Crippen molar-refractivity contribution >= 4 is 22.5 Å². The molecule has 2 aliphatic rings. The SMILES string of the molecule is CN1c2ccn(C)c2C(=O)N2CCn3c(cc4cc(O)ccc43)C21. The Morgan fingerprint density at radius 2 is 1.96 bits per heavy atom. The molecule has 122 valence electrons. The summed E-state index contributed by atoms with van der Waals surface area (Å²) in [6.07, 6.45) is 1.82. The number of fused-ring (bicyclic) bond motifs is 6. The van der Waals surface area contributed by atoms with Gasteiger partial charge in [0.1, 0.15) is 17.6 Å². The third kappa shape index (κ3) is 1.52. The second-order valence-corrected chi connectivity index (χ2v) is 6.61. The summed E-state index contributed by atoms with van der Waals surface area (Å²) in [5, 5.41) is 10.8. The maximum Gasteiger partial charge on any atom is 0.274 e. The van der Waals surface area contributed by atoms with Gasteiger partial charge in [-0.1, -0.05) is 0 Å². The van der Waals surface area contributed by atoms with Crippen LogP contribution in [0.3, 0.4) is 0 Å². The van der Waals surface area contributed by atoms with Crippen LogP contribution in [0.1, 0.15) is 22.3 Å². The van der Waals surface area contributed by atoms with Crippen LogP contribution in [-0.2, 0) is 13.6 Å². The molecule has 0 radical (unpaired) electrons. The van der Waals surface area contributed by atoms with E-state index in [2.05, 4.69) is 15.5 Å². The first kappa shape index (κ1) is 13.5. The van der Waals surface area contributed by atoms with Gasteiger partial charge >= 0.3 is 0 Å². The fourth-order valence-electron chi connectivity index (χ4n) is 4.18. The Morgan fingerprint density at radius 3 is 2.79 bits per heavy atom. The zero-order valence-electron chi connectivity index (χ0n) is 13.6. The molecular weight excluding hydrogens is 304 g/mol. The molecule has 0 bridgehead atoms. The van der Waals surface area contributed by atoms with Crippen molar-refractivity contribution in [1.82, 2.24) is 14.0 Å². The quantitative estimate of drug-likeness (QED) is 0.691. The minimum Gasteiger partial charge on any atom is -0.508 e. The van der Waals surface area contributed by atoms with E-state index >= 15 is 0 Å². The molecule has 24 heavy (non-hydrogen) atoms. The van der Waals surface area contributed by atoms with Gasteiger partial charge in [-0.05, 0) is 30.3 Å². The number of benzene rings is 1. The monoisotopic (exact) mass is 322 g/mol. The molecule has 5 rings (SSSR count). The second kappa shape index (κ2) is 4.35. The van der Waals surface area contributed by atoms with Crippen molar-refractivity contribution < 1.29 is 9.90 Å². The van der Waals surface area contributed by atoms with Crippen LogP contribution in [0.25, 0.3) is 10.9 Å². The summed E-state index contributed by atoms with van der Waals surface area (Å²) in [6.45, 7) is 1.44. The van der Waals surface area contributed by atoms with Crippen molar-refractivity contribution in [2.75, 3.05) is 18.5 Å². The number of nitrogens with zero attached hydrogens (tertiary/aromatic N) is 4. The lowest BCUT2D eigenvalue weighted by Crippen LogP contribution is -2.52. The summed E-state index contributed by atoms with van der Waals surface area (Å²) >= 11 is 0. The summed E-state index contributed by atoms with van der Waals surface area (Å²) in [6, 6.07) is 9.53. The highest BCUT2D eigenvalue weighted by atomic mass is 16.3. The van der Waals surface area contributed by atoms with E-state index in [4.69, 9.17) is 0 Å². The molecule has 1 atom stereocenters. The minimum atomic E-state index is -0.115. The molecule has 1 aromatic carbocycles. The van der Waals surface area contributed by atoms with E-state index in [1.807, 2.05) is 41.9 Å². The zero-order valence-corrected chi connectivity index (χ0v) is 13.6. The highest BCUT2D eigenvalue weighted by molar-refractivity contribution is 6.01. The highest BCUT2D eigenvalue weighted by Crippen LogP contribution is 2.42. The molecule has 2 aromatic heterocycles. The summed E-state index contributed by atoms with van der Waals surface area (Å²) in [4.78, 5) is 17.1. The van der Waals surface area contributed by atoms with Crippen molar-refractivity contribution in [3.63, 3.8) is 0 Å². The Labute approximate surface area is 139 Å². The molecule has 6 heteroatoms. The maximum absolute atomic E-state index is 13.0. The van der Waals surface area contributed by atoms with Crippen LogP contribution in [0.4, 0.5) is 5.69 Å². The van der Waals surface area contributed by atoms with Crippen LogP contribution < -0.4 is 4.90 Å². The molecule has 0 spiro atoms. The number of aromatic hydroxyl groups is 1. The normalized spacial score (nSPS) is 19.4. The van der Waals surface area contributed by atoms with Crippen molar-refractivity contribution in [3.8, 4) is 5.75 Å². The largest absolute Gasteiger partial charge is 0.508 e. The topological polar surface area (TPSA) is 53.6 Å². The predicted molar refractivity (Wildman–Crippen MR) is 91.2 cm³/mol. The predicted octanol–water partition coefficient (Wildman–Crippen LogP) is 2.29. The number of phenols is 1. The van der Waals surface area contributed by atoms with Crippen molar-refractivity contribution in [2.45, 2.75) is 12.7 Å². The Hall–Kier alpha value is -2.89. The van der Waals surface area contributed by atoms with E-state index in [0.717, 1.165) is 34.5 Å². The number of carbonyl (C=O) groups excluding carboxylic acids is 1. The molecule has 0 saturated heterocycles. The van der Waals surface area contributed by atoms with Crippen LogP contribution in [0.5, 0.6) is 5.75 Å². The standard InChI is InChI=1S/C18H18N4O2/c1-19-6-5-14-16(19)18(24)22-8-7-21-13-4-3-12(23)9-11(13)10-15(21)17(22)20(14)2/h3-6,9-10,17,23H,7-8H2,1-2H3. The second-order valence-electron chi connectivity index (χ2n) is 6.61. The Kier molecular flexibility index (Phi) is 2.45. The number of anilines is 1. The van der Waals surface area contributed by atoms with Crippen LogP contribution >= 0.6 is 0 Å². The number of hydrogen-bond acceptors (Lipinski definition) is 3. The molecule has 0 aliphatic carbocycles. The van der Waals surface area contributed by atoms with E-state index < -0.39 is 0 Å². The van der Waals surface area contributed by atoms with E-state index in [1.54, 1.807) is 12.1 Å². The molecule has 0 fully saturated rings. The average molecular weight is 322 g/mol. The lowest BCUT2D eigenvalue weighted by atomic mass is 10.1. The van der Waals surface area contributed by atoms with Gasteiger partial charge in [0.15, 0.2) is 0 Å². The molecular formula is C18H18N4O2. The third-order valence-electron chi connectivity index (χ3n) is 5.30. The number of rotatable bonds is 0. The van der Waals surface area contributed by atoms with Crippen LogP contribution in [0.15, 0.2) is 36.5 Å². The smallest absolute Gasteiger partial charge is 0.274 e. The molecule has 4 heterocycles. The molecule has 1 amide bonds. The van der Waals surface area contributed by atoms with Gasteiger partial charge in [-0.15, -0.1) is 0 Å². The molecule has 1 unspecified atom stereocenters. The van der Waals surface area contributed by atoms with Gasteiger partial charge in [-0.2, -0.15) is 0 Å². The number of amides is 1. The van der Waals surface area contributed by atoms with Gasteiger partial charge in [-0.25, -0.2) is 0 Å². The minimum absolute atomic E-state index is 0.0833. The van der Waals surface area contributed by atoms with Gasteiger partial charge in [-0.3, -0.25) is 4.79 Å². The summed E-state index contributed by atoms with van der Waals surface area (Å²) in [7, 11) is 3.95. The molecule has 3 aromatic rings. The summed E-state index contributed by atoms with van der Waals surface area (Å²) in [5.41, 5.74) is 3.90. The first-order valence-electron chi connectivity index (χ1n) is 8.07. The molecule has 1 N–H and O–H groups in total. The van der Waals surface area contributed by atoms with Gasteiger partial charge in [0.25, 0.3) is 5.91 Å². The van der Waals surface area contributed by atoms with Gasteiger partial charge in [0.05, 0.1) is 11.4 Å². The van der Waals surface area contributed by atoms with E-state index in [0.29, 0.717) is 6.54 Å². The number of hydrogen-bond donors (Lipinski definition) is 1. The Morgan fingerprint density at radius 1 is 1.12 bits per heavy atom. The molecule has 2 aliphatic heterocycles. The van der Waals surface area contributed by atoms with Gasteiger partial charge in [0.2, 0.25) is 0 Å². The Bertz CT molecular complexity index is 1000. The lowest BCUT2D eigenvalue weighted by molar-refractivity contribution is 0.0591. The maximum atomic E-state index is 13.0. The fourth-order valence-corrected chi connectivity index (χ4v) is 4.18.